The molecule has 0 spiro atoms. The molecule has 4 aromatic heterocycles. The lowest BCUT2D eigenvalue weighted by molar-refractivity contribution is 0.0986. The largest absolute Gasteiger partial charge is 0.377 e. The van der Waals surface area contributed by atoms with E-state index in [0.717, 1.165) is 56.8 Å². The predicted octanol–water partition coefficient (Wildman–Crippen LogP) is 2.98. The van der Waals surface area contributed by atoms with Crippen LogP contribution < -0.4 is 10.6 Å². The molecule has 1 aromatic carbocycles. The lowest BCUT2D eigenvalue weighted by Gasteiger charge is -2.34. The summed E-state index contributed by atoms with van der Waals surface area (Å²) in [7, 11) is 0. The molecular formula is C23H24N8O. The number of benzene rings is 1. The first-order chi connectivity index (χ1) is 15.7. The number of aromatic amines is 2. The average Bonchev–Trinajstić information content (AvgIpc) is 3.58. The van der Waals surface area contributed by atoms with Gasteiger partial charge in [-0.1, -0.05) is 12.1 Å². The zero-order chi connectivity index (χ0) is 21.7. The number of hydrogen-bond donors (Lipinski definition) is 3. The van der Waals surface area contributed by atoms with Gasteiger partial charge in [-0.05, 0) is 35.7 Å². The van der Waals surface area contributed by atoms with Gasteiger partial charge in [-0.15, -0.1) is 0 Å². The molecule has 0 saturated carbocycles. The standard InChI is InChI=1S/C23H24N8O/c1-14-13-32-9-8-30(14)21-10-18(16-3-2-15(11-24)22-17(16)4-6-25-22)19-12-27-31(23(19)28-21)20-5-7-26-29-20/h2-7,10,12,14,25H,8-9,11,13,24H2,1H3,(H,26,29)/t14-/m1/s1. The van der Waals surface area contributed by atoms with Gasteiger partial charge >= 0.3 is 0 Å². The van der Waals surface area contributed by atoms with Crippen LogP contribution in [0.4, 0.5) is 5.82 Å². The molecule has 0 bridgehead atoms. The van der Waals surface area contributed by atoms with Gasteiger partial charge in [-0.3, -0.25) is 5.10 Å². The van der Waals surface area contributed by atoms with Crippen molar-refractivity contribution in [3.8, 4) is 16.9 Å². The molecule has 9 heteroatoms. The Bertz CT molecular complexity index is 1400. The number of hydrogen-bond acceptors (Lipinski definition) is 6. The fraction of sp³-hybridized carbons (Fsp3) is 0.261. The summed E-state index contributed by atoms with van der Waals surface area (Å²) in [4.78, 5) is 10.7. The number of nitrogens with one attached hydrogen (secondary N) is 2. The maximum absolute atomic E-state index is 5.98. The molecule has 4 N–H and O–H groups in total. The Morgan fingerprint density at radius 3 is 2.94 bits per heavy atom. The van der Waals surface area contributed by atoms with Crippen molar-refractivity contribution >= 4 is 27.8 Å². The first-order valence-corrected chi connectivity index (χ1v) is 10.8. The summed E-state index contributed by atoms with van der Waals surface area (Å²) in [6.07, 6.45) is 5.55. The molecule has 1 saturated heterocycles. The minimum Gasteiger partial charge on any atom is -0.377 e. The molecule has 1 aliphatic heterocycles. The lowest BCUT2D eigenvalue weighted by atomic mass is 9.97. The number of rotatable bonds is 4. The Balaban J connectivity index is 1.63. The average molecular weight is 429 g/mol. The number of morpholine rings is 1. The topological polar surface area (TPSA) is 114 Å². The number of pyridine rings is 1. The summed E-state index contributed by atoms with van der Waals surface area (Å²) >= 11 is 0. The van der Waals surface area contributed by atoms with Gasteiger partial charge < -0.3 is 20.4 Å². The third-order valence-corrected chi connectivity index (χ3v) is 6.22. The highest BCUT2D eigenvalue weighted by Gasteiger charge is 2.24. The number of nitrogens with zero attached hydrogens (tertiary/aromatic N) is 5. The van der Waals surface area contributed by atoms with E-state index in [9.17, 15) is 0 Å². The van der Waals surface area contributed by atoms with Crippen LogP contribution in [0.3, 0.4) is 0 Å². The van der Waals surface area contributed by atoms with Crippen molar-refractivity contribution < 1.29 is 4.74 Å². The number of nitrogens with two attached hydrogens (primary N) is 1. The van der Waals surface area contributed by atoms with Crippen LogP contribution in [0.25, 0.3) is 38.9 Å². The van der Waals surface area contributed by atoms with E-state index < -0.39 is 0 Å². The van der Waals surface area contributed by atoms with Crippen molar-refractivity contribution in [1.82, 2.24) is 29.9 Å². The minimum absolute atomic E-state index is 0.233. The number of aromatic nitrogens is 6. The van der Waals surface area contributed by atoms with E-state index in [0.29, 0.717) is 19.8 Å². The summed E-state index contributed by atoms with van der Waals surface area (Å²) in [5, 5.41) is 13.8. The van der Waals surface area contributed by atoms with Crippen molar-refractivity contribution in [2.24, 2.45) is 5.73 Å². The van der Waals surface area contributed by atoms with Crippen molar-refractivity contribution in [1.29, 1.82) is 0 Å². The molecule has 9 nitrogen and oxygen atoms in total. The van der Waals surface area contributed by atoms with Crippen molar-refractivity contribution in [3.63, 3.8) is 0 Å². The molecule has 32 heavy (non-hydrogen) atoms. The van der Waals surface area contributed by atoms with Crippen molar-refractivity contribution in [2.45, 2.75) is 19.5 Å². The highest BCUT2D eigenvalue weighted by atomic mass is 16.5. The fourth-order valence-corrected chi connectivity index (χ4v) is 4.59. The number of fused-ring (bicyclic) bond motifs is 2. The van der Waals surface area contributed by atoms with Crippen LogP contribution in [0.15, 0.2) is 48.9 Å². The van der Waals surface area contributed by atoms with Crippen LogP contribution in [-0.2, 0) is 11.3 Å². The second-order valence-corrected chi connectivity index (χ2v) is 8.12. The molecule has 0 radical (unpaired) electrons. The summed E-state index contributed by atoms with van der Waals surface area (Å²) < 4.78 is 7.47. The van der Waals surface area contributed by atoms with Gasteiger partial charge in [0.05, 0.1) is 37.2 Å². The van der Waals surface area contributed by atoms with Gasteiger partial charge in [0.25, 0.3) is 0 Å². The first-order valence-electron chi connectivity index (χ1n) is 10.8. The Labute approximate surface area is 184 Å². The molecular weight excluding hydrogens is 404 g/mol. The van der Waals surface area contributed by atoms with Gasteiger partial charge in [0.1, 0.15) is 5.82 Å². The van der Waals surface area contributed by atoms with Crippen LogP contribution in [0.2, 0.25) is 0 Å². The van der Waals surface area contributed by atoms with Gasteiger partial charge in [-0.25, -0.2) is 4.98 Å². The van der Waals surface area contributed by atoms with Crippen molar-refractivity contribution in [2.75, 3.05) is 24.7 Å². The van der Waals surface area contributed by atoms with Crippen LogP contribution in [0.5, 0.6) is 0 Å². The molecule has 5 aromatic rings. The predicted molar refractivity (Wildman–Crippen MR) is 124 cm³/mol. The van der Waals surface area contributed by atoms with Crippen LogP contribution in [0, 0.1) is 0 Å². The second kappa shape index (κ2) is 7.47. The van der Waals surface area contributed by atoms with E-state index in [-0.39, 0.29) is 6.04 Å². The zero-order valence-corrected chi connectivity index (χ0v) is 17.7. The van der Waals surface area contributed by atoms with Crippen LogP contribution >= 0.6 is 0 Å². The van der Waals surface area contributed by atoms with Crippen LogP contribution in [0.1, 0.15) is 12.5 Å². The summed E-state index contributed by atoms with van der Waals surface area (Å²) in [6.45, 7) is 4.81. The van der Waals surface area contributed by atoms with Crippen LogP contribution in [-0.4, -0.2) is 55.7 Å². The normalized spacial score (nSPS) is 16.9. The third kappa shape index (κ3) is 2.89. The maximum Gasteiger partial charge on any atom is 0.167 e. The number of H-pyrrole nitrogens is 2. The maximum atomic E-state index is 5.98. The molecule has 1 aliphatic rings. The van der Waals surface area contributed by atoms with E-state index >= 15 is 0 Å². The fourth-order valence-electron chi connectivity index (χ4n) is 4.59. The van der Waals surface area contributed by atoms with E-state index in [1.54, 1.807) is 6.20 Å². The lowest BCUT2D eigenvalue weighted by Crippen LogP contribution is -2.44. The Morgan fingerprint density at radius 1 is 1.19 bits per heavy atom. The van der Waals surface area contributed by atoms with Gasteiger partial charge in [-0.2, -0.15) is 14.9 Å². The molecule has 162 valence electrons. The van der Waals surface area contributed by atoms with E-state index in [4.69, 9.17) is 15.5 Å². The summed E-state index contributed by atoms with van der Waals surface area (Å²) in [6, 6.07) is 10.6. The number of ether oxygens (including phenoxy) is 1. The molecule has 0 amide bonds. The molecule has 0 unspecified atom stereocenters. The minimum atomic E-state index is 0.233. The Morgan fingerprint density at radius 2 is 2.12 bits per heavy atom. The van der Waals surface area contributed by atoms with Gasteiger partial charge in [0, 0.05) is 36.1 Å². The third-order valence-electron chi connectivity index (χ3n) is 6.22. The molecule has 5 heterocycles. The highest BCUT2D eigenvalue weighted by molar-refractivity contribution is 6.05. The van der Waals surface area contributed by atoms with E-state index in [1.165, 1.54) is 0 Å². The second-order valence-electron chi connectivity index (χ2n) is 8.12. The van der Waals surface area contributed by atoms with Crippen molar-refractivity contribution in [3.05, 3.63) is 54.5 Å². The van der Waals surface area contributed by atoms with E-state index in [1.807, 2.05) is 23.1 Å². The summed E-state index contributed by atoms with van der Waals surface area (Å²) in [5.74, 6) is 1.69. The zero-order valence-electron chi connectivity index (χ0n) is 17.7. The first kappa shape index (κ1) is 19.0. The van der Waals surface area contributed by atoms with E-state index in [2.05, 4.69) is 56.4 Å². The summed E-state index contributed by atoms with van der Waals surface area (Å²) in [5.41, 5.74) is 11.1. The molecule has 0 aliphatic carbocycles. The molecule has 6 rings (SSSR count). The monoisotopic (exact) mass is 428 g/mol. The number of anilines is 1. The smallest absolute Gasteiger partial charge is 0.167 e. The Kier molecular flexibility index (Phi) is 4.44. The molecule has 1 fully saturated rings. The van der Waals surface area contributed by atoms with Gasteiger partial charge in [0.2, 0.25) is 0 Å². The highest BCUT2D eigenvalue weighted by Crippen LogP contribution is 2.37. The Hall–Kier alpha value is -3.69. The SMILES string of the molecule is C[C@@H]1COCCN1c1cc(-c2ccc(CN)c3[nH]ccc23)c2cnn(-c3ccn[nH]3)c2n1. The van der Waals surface area contributed by atoms with Gasteiger partial charge in [0.15, 0.2) is 11.5 Å². The quantitative estimate of drug-likeness (QED) is 0.406. The molecule has 1 atom stereocenters.